The lowest BCUT2D eigenvalue weighted by molar-refractivity contribution is -0.153. The van der Waals surface area contributed by atoms with Gasteiger partial charge in [-0.2, -0.15) is 0 Å². The highest BCUT2D eigenvalue weighted by atomic mass is 79.9. The van der Waals surface area contributed by atoms with E-state index in [1.165, 1.54) is 4.90 Å². The van der Waals surface area contributed by atoms with Gasteiger partial charge in [0.25, 0.3) is 0 Å². The maximum absolute atomic E-state index is 14.1. The maximum atomic E-state index is 14.1. The molecule has 1 aromatic carbocycles. The van der Waals surface area contributed by atoms with E-state index < -0.39 is 47.5 Å². The van der Waals surface area contributed by atoms with Crippen LogP contribution in [0.3, 0.4) is 0 Å². The summed E-state index contributed by atoms with van der Waals surface area (Å²) in [5, 5.41) is 20.0. The number of halogens is 1. The molecule has 3 fully saturated rings. The average molecular weight is 521 g/mol. The molecule has 3 aliphatic rings. The Balaban J connectivity index is 1.78. The molecule has 3 heterocycles. The van der Waals surface area contributed by atoms with Gasteiger partial charge in [0.15, 0.2) is 0 Å². The minimum Gasteiger partial charge on any atom is -0.481 e. The smallest absolute Gasteiger partial charge is 0.310 e. The van der Waals surface area contributed by atoms with Crippen molar-refractivity contribution in [1.82, 2.24) is 9.80 Å². The minimum atomic E-state index is -1.26. The number of carboxylic acids is 1. The van der Waals surface area contributed by atoms with Crippen LogP contribution in [-0.4, -0.2) is 79.6 Å². The molecule has 8 nitrogen and oxygen atoms in total. The van der Waals surface area contributed by atoms with Gasteiger partial charge in [-0.15, -0.1) is 6.58 Å². The number of aliphatic hydroxyl groups excluding tert-OH is 1. The number of likely N-dealkylation sites (tertiary alicyclic amines) is 1. The van der Waals surface area contributed by atoms with E-state index in [0.717, 1.165) is 5.56 Å². The van der Waals surface area contributed by atoms with Gasteiger partial charge >= 0.3 is 5.97 Å². The lowest BCUT2D eigenvalue weighted by Crippen LogP contribution is -2.58. The lowest BCUT2D eigenvalue weighted by atomic mass is 9.70. The van der Waals surface area contributed by atoms with Gasteiger partial charge in [-0.25, -0.2) is 0 Å². The number of carboxylic acid groups (broad SMARTS) is 1. The summed E-state index contributed by atoms with van der Waals surface area (Å²) in [6.07, 6.45) is 1.71. The first-order chi connectivity index (χ1) is 15.8. The number of ether oxygens (including phenoxy) is 1. The van der Waals surface area contributed by atoms with Crippen molar-refractivity contribution < 1.29 is 29.3 Å². The molecule has 33 heavy (non-hydrogen) atoms. The van der Waals surface area contributed by atoms with Gasteiger partial charge in [0.05, 0.1) is 30.6 Å². The fraction of sp³-hybridized carbons (Fsp3) is 0.542. The van der Waals surface area contributed by atoms with Gasteiger partial charge in [-0.05, 0) is 18.4 Å². The van der Waals surface area contributed by atoms with E-state index in [0.29, 0.717) is 19.4 Å². The zero-order valence-corrected chi connectivity index (χ0v) is 20.1. The highest BCUT2D eigenvalue weighted by molar-refractivity contribution is 9.09. The van der Waals surface area contributed by atoms with Gasteiger partial charge in [0.1, 0.15) is 11.6 Å². The van der Waals surface area contributed by atoms with Crippen LogP contribution in [0.5, 0.6) is 0 Å². The molecule has 7 atom stereocenters. The molecule has 0 aliphatic carbocycles. The Kier molecular flexibility index (Phi) is 6.66. The zero-order valence-electron chi connectivity index (χ0n) is 18.5. The molecule has 178 valence electrons. The van der Waals surface area contributed by atoms with Crippen molar-refractivity contribution in [3.8, 4) is 0 Å². The number of rotatable bonds is 9. The summed E-state index contributed by atoms with van der Waals surface area (Å²) in [5.74, 6) is -3.88. The molecule has 1 spiro atoms. The number of carbonyl (C=O) groups is 3. The van der Waals surface area contributed by atoms with Crippen LogP contribution < -0.4 is 0 Å². The highest BCUT2D eigenvalue weighted by Crippen LogP contribution is 2.60. The summed E-state index contributed by atoms with van der Waals surface area (Å²) in [5.41, 5.74) is -0.334. The third-order valence-electron chi connectivity index (χ3n) is 7.20. The zero-order chi connectivity index (χ0) is 23.9. The number of aliphatic hydroxyl groups is 1. The summed E-state index contributed by atoms with van der Waals surface area (Å²) < 4.78 is 6.28. The van der Waals surface area contributed by atoms with Crippen LogP contribution in [0.25, 0.3) is 0 Å². The molecule has 0 saturated carbocycles. The van der Waals surface area contributed by atoms with Crippen LogP contribution in [0.4, 0.5) is 0 Å². The molecule has 9 heteroatoms. The number of benzene rings is 1. The second-order valence-corrected chi connectivity index (χ2v) is 10.2. The summed E-state index contributed by atoms with van der Waals surface area (Å²) in [6.45, 7) is 5.85. The first-order valence-corrected chi connectivity index (χ1v) is 12.1. The van der Waals surface area contributed by atoms with Crippen LogP contribution in [0.1, 0.15) is 25.3 Å². The SMILES string of the molecule is C=CCN(Cc1ccccc1)C(=O)C1N([C@@H](CC)CO)C(=O)[C@@H]2[C@@H](C(=O)O)[C@@H]3OC12CC3Br. The standard InChI is InChI=1S/C24H29BrN2O6/c1-3-10-26(12-14-8-6-5-7-9-14)22(30)20-24-11-16(25)19(33-24)17(23(31)32)18(24)21(29)27(20)15(4-2)13-28/h3,5-9,15-20,28H,1,4,10-13H2,2H3,(H,31,32)/t15-,16?,17+,18-,19+,20?,24?/m0/s1. The van der Waals surface area contributed by atoms with Crippen LogP contribution in [0, 0.1) is 11.8 Å². The fourth-order valence-electron chi connectivity index (χ4n) is 5.80. The van der Waals surface area contributed by atoms with Crippen molar-refractivity contribution >= 4 is 33.7 Å². The first kappa shape index (κ1) is 23.9. The molecule has 3 saturated heterocycles. The van der Waals surface area contributed by atoms with Gasteiger partial charge in [-0.3, -0.25) is 14.4 Å². The summed E-state index contributed by atoms with van der Waals surface area (Å²) in [7, 11) is 0. The van der Waals surface area contributed by atoms with Crippen LogP contribution in [-0.2, 0) is 25.7 Å². The third kappa shape index (κ3) is 3.70. The summed E-state index contributed by atoms with van der Waals surface area (Å²) in [6, 6.07) is 7.86. The summed E-state index contributed by atoms with van der Waals surface area (Å²) >= 11 is 3.54. The van der Waals surface area contributed by atoms with Crippen molar-refractivity contribution in [3.05, 3.63) is 48.6 Å². The van der Waals surface area contributed by atoms with Crippen molar-refractivity contribution in [1.29, 1.82) is 0 Å². The van der Waals surface area contributed by atoms with Crippen LogP contribution in [0.2, 0.25) is 0 Å². The Hall–Kier alpha value is -2.23. The van der Waals surface area contributed by atoms with Crippen molar-refractivity contribution in [2.75, 3.05) is 13.2 Å². The lowest BCUT2D eigenvalue weighted by Gasteiger charge is -2.39. The number of amides is 2. The predicted molar refractivity (Wildman–Crippen MR) is 123 cm³/mol. The van der Waals surface area contributed by atoms with Crippen molar-refractivity contribution in [2.45, 2.75) is 54.9 Å². The van der Waals surface area contributed by atoms with E-state index >= 15 is 0 Å². The molecule has 0 aromatic heterocycles. The average Bonchev–Trinajstić information content (AvgIpc) is 3.39. The maximum Gasteiger partial charge on any atom is 0.310 e. The minimum absolute atomic E-state index is 0.256. The molecule has 3 aliphatic heterocycles. The van der Waals surface area contributed by atoms with E-state index in [-0.39, 0.29) is 23.9 Å². The largest absolute Gasteiger partial charge is 0.481 e. The number of alkyl halides is 1. The molecule has 2 bridgehead atoms. The van der Waals surface area contributed by atoms with E-state index in [2.05, 4.69) is 22.5 Å². The van der Waals surface area contributed by atoms with Crippen molar-refractivity contribution in [3.63, 3.8) is 0 Å². The molecule has 4 rings (SSSR count). The second-order valence-electron chi connectivity index (χ2n) is 8.98. The van der Waals surface area contributed by atoms with Gasteiger partial charge in [0.2, 0.25) is 11.8 Å². The Labute approximate surface area is 201 Å². The Morgan fingerprint density at radius 2 is 2.09 bits per heavy atom. The molecule has 1 aromatic rings. The van der Waals surface area contributed by atoms with E-state index in [4.69, 9.17) is 4.74 Å². The Morgan fingerprint density at radius 3 is 2.67 bits per heavy atom. The van der Waals surface area contributed by atoms with E-state index in [1.54, 1.807) is 11.0 Å². The number of hydrogen-bond acceptors (Lipinski definition) is 5. The number of nitrogens with zero attached hydrogens (tertiary/aromatic N) is 2. The first-order valence-electron chi connectivity index (χ1n) is 11.2. The van der Waals surface area contributed by atoms with Crippen molar-refractivity contribution in [2.24, 2.45) is 11.8 Å². The molecule has 2 N–H and O–H groups in total. The van der Waals surface area contributed by atoms with Gasteiger partial charge in [-0.1, -0.05) is 59.3 Å². The number of aliphatic carboxylic acids is 1. The van der Waals surface area contributed by atoms with Gasteiger partial charge < -0.3 is 24.7 Å². The predicted octanol–water partition coefficient (Wildman–Crippen LogP) is 1.80. The molecular formula is C24H29BrN2O6. The van der Waals surface area contributed by atoms with Crippen LogP contribution in [0.15, 0.2) is 43.0 Å². The van der Waals surface area contributed by atoms with E-state index in [1.807, 2.05) is 37.3 Å². The van der Waals surface area contributed by atoms with Gasteiger partial charge in [0, 0.05) is 17.9 Å². The number of hydrogen-bond donors (Lipinski definition) is 2. The number of carbonyl (C=O) groups excluding carboxylic acids is 2. The Morgan fingerprint density at radius 1 is 1.39 bits per heavy atom. The molecule has 3 unspecified atom stereocenters. The van der Waals surface area contributed by atoms with E-state index in [9.17, 15) is 24.6 Å². The topological polar surface area (TPSA) is 107 Å². The third-order valence-corrected chi connectivity index (χ3v) is 8.04. The molecule has 0 radical (unpaired) electrons. The summed E-state index contributed by atoms with van der Waals surface area (Å²) in [4.78, 5) is 42.7. The monoisotopic (exact) mass is 520 g/mol. The second kappa shape index (κ2) is 9.19. The quantitative estimate of drug-likeness (QED) is 0.379. The molecular weight excluding hydrogens is 492 g/mol. The number of fused-ring (bicyclic) bond motifs is 1. The highest BCUT2D eigenvalue weighted by Gasteiger charge is 2.77. The Bertz CT molecular complexity index is 938. The van der Waals surface area contributed by atoms with Crippen LogP contribution >= 0.6 is 15.9 Å². The normalized spacial score (nSPS) is 33.1. The molecule has 2 amide bonds. The fourth-order valence-corrected chi connectivity index (χ4v) is 6.74.